The van der Waals surface area contributed by atoms with Crippen LogP contribution in [0.25, 0.3) is 22.4 Å². The minimum atomic E-state index is 0.190. The Kier molecular flexibility index (Phi) is 3.58. The van der Waals surface area contributed by atoms with E-state index >= 15 is 0 Å². The summed E-state index contributed by atoms with van der Waals surface area (Å²) in [6, 6.07) is 7.53. The molecule has 0 aliphatic carbocycles. The fraction of sp³-hybridized carbons (Fsp3) is 0.250. The van der Waals surface area contributed by atoms with Crippen LogP contribution in [0.1, 0.15) is 0 Å². The summed E-state index contributed by atoms with van der Waals surface area (Å²) in [5, 5.41) is 0. The Morgan fingerprint density at radius 1 is 1.04 bits per heavy atom. The van der Waals surface area contributed by atoms with Gasteiger partial charge in [-0.15, -0.1) is 0 Å². The van der Waals surface area contributed by atoms with E-state index in [-0.39, 0.29) is 5.95 Å². The van der Waals surface area contributed by atoms with E-state index in [2.05, 4.69) is 19.9 Å². The highest BCUT2D eigenvalue weighted by atomic mass is 16.5. The van der Waals surface area contributed by atoms with Gasteiger partial charge in [-0.05, 0) is 12.1 Å². The molecule has 4 N–H and O–H groups in total. The standard InChI is InChI=1S/C16H17N7O/c17-11-3-1-2-10(8-11)12-9-19-14-13(20-12)15(22-16(18)21-14)23-4-6-24-7-5-23/h1-3,8-9H,4-7,17H2,(H2,18,19,21,22). The van der Waals surface area contributed by atoms with Crippen LogP contribution in [0, 0.1) is 0 Å². The Labute approximate surface area is 138 Å². The first-order valence-electron chi connectivity index (χ1n) is 7.69. The van der Waals surface area contributed by atoms with E-state index in [9.17, 15) is 0 Å². The van der Waals surface area contributed by atoms with Gasteiger partial charge >= 0.3 is 0 Å². The number of benzene rings is 1. The molecule has 0 atom stereocenters. The molecule has 1 fully saturated rings. The van der Waals surface area contributed by atoms with Crippen LogP contribution in [0.5, 0.6) is 0 Å². The molecule has 2 aromatic heterocycles. The normalized spacial score (nSPS) is 14.9. The van der Waals surface area contributed by atoms with Crippen LogP contribution in [0.4, 0.5) is 17.5 Å². The summed E-state index contributed by atoms with van der Waals surface area (Å²) in [6.45, 7) is 2.76. The first-order valence-corrected chi connectivity index (χ1v) is 7.69. The van der Waals surface area contributed by atoms with Crippen LogP contribution < -0.4 is 16.4 Å². The fourth-order valence-electron chi connectivity index (χ4n) is 2.74. The number of anilines is 3. The lowest BCUT2D eigenvalue weighted by molar-refractivity contribution is 0.122. The second-order valence-corrected chi connectivity index (χ2v) is 5.56. The van der Waals surface area contributed by atoms with Crippen LogP contribution in [0.3, 0.4) is 0 Å². The molecule has 0 amide bonds. The van der Waals surface area contributed by atoms with Crippen molar-refractivity contribution in [1.29, 1.82) is 0 Å². The molecule has 1 saturated heterocycles. The van der Waals surface area contributed by atoms with Gasteiger partial charge in [0.2, 0.25) is 5.95 Å². The summed E-state index contributed by atoms with van der Waals surface area (Å²) in [4.78, 5) is 19.8. The summed E-state index contributed by atoms with van der Waals surface area (Å²) in [5.41, 5.74) is 15.1. The molecule has 1 aliphatic rings. The summed E-state index contributed by atoms with van der Waals surface area (Å²) in [5.74, 6) is 0.883. The molecule has 0 radical (unpaired) electrons. The molecule has 0 unspecified atom stereocenters. The van der Waals surface area contributed by atoms with Crippen molar-refractivity contribution in [2.75, 3.05) is 42.7 Å². The van der Waals surface area contributed by atoms with Gasteiger partial charge in [-0.2, -0.15) is 9.97 Å². The Morgan fingerprint density at radius 3 is 2.67 bits per heavy atom. The van der Waals surface area contributed by atoms with E-state index in [1.807, 2.05) is 24.3 Å². The molecular weight excluding hydrogens is 306 g/mol. The highest BCUT2D eigenvalue weighted by molar-refractivity contribution is 5.85. The zero-order valence-corrected chi connectivity index (χ0v) is 13.0. The van der Waals surface area contributed by atoms with Gasteiger partial charge in [0, 0.05) is 24.3 Å². The molecule has 0 saturated carbocycles. The number of fused-ring (bicyclic) bond motifs is 1. The zero-order valence-electron chi connectivity index (χ0n) is 13.0. The fourth-order valence-corrected chi connectivity index (χ4v) is 2.74. The van der Waals surface area contributed by atoms with Crippen molar-refractivity contribution < 1.29 is 4.74 Å². The molecular formula is C16H17N7O. The number of aromatic nitrogens is 4. The Balaban J connectivity index is 1.86. The van der Waals surface area contributed by atoms with E-state index in [0.29, 0.717) is 35.9 Å². The largest absolute Gasteiger partial charge is 0.399 e. The molecule has 1 aromatic carbocycles. The highest BCUT2D eigenvalue weighted by Crippen LogP contribution is 2.26. The number of nitrogens with two attached hydrogens (primary N) is 2. The van der Waals surface area contributed by atoms with Crippen LogP contribution in [-0.2, 0) is 4.74 Å². The molecule has 3 heterocycles. The van der Waals surface area contributed by atoms with Crippen molar-refractivity contribution in [3.63, 3.8) is 0 Å². The van der Waals surface area contributed by atoms with Crippen molar-refractivity contribution in [3.05, 3.63) is 30.5 Å². The first kappa shape index (κ1) is 14.6. The number of ether oxygens (including phenoxy) is 1. The Hall–Kier alpha value is -3.00. The number of rotatable bonds is 2. The van der Waals surface area contributed by atoms with Crippen molar-refractivity contribution in [1.82, 2.24) is 19.9 Å². The van der Waals surface area contributed by atoms with Gasteiger partial charge < -0.3 is 21.1 Å². The number of hydrogen-bond donors (Lipinski definition) is 2. The average molecular weight is 323 g/mol. The maximum atomic E-state index is 5.86. The Morgan fingerprint density at radius 2 is 1.88 bits per heavy atom. The number of nitrogens with zero attached hydrogens (tertiary/aromatic N) is 5. The van der Waals surface area contributed by atoms with E-state index in [1.165, 1.54) is 0 Å². The lowest BCUT2D eigenvalue weighted by atomic mass is 10.1. The van der Waals surface area contributed by atoms with Gasteiger partial charge in [-0.25, -0.2) is 9.97 Å². The third-order valence-corrected chi connectivity index (χ3v) is 3.90. The van der Waals surface area contributed by atoms with E-state index < -0.39 is 0 Å². The van der Waals surface area contributed by atoms with Gasteiger partial charge in [0.1, 0.15) is 0 Å². The zero-order chi connectivity index (χ0) is 16.5. The summed E-state index contributed by atoms with van der Waals surface area (Å²) < 4.78 is 5.40. The third kappa shape index (κ3) is 2.67. The molecule has 0 spiro atoms. The Bertz CT molecular complexity index is 893. The number of morpholine rings is 1. The molecule has 24 heavy (non-hydrogen) atoms. The highest BCUT2D eigenvalue weighted by Gasteiger charge is 2.19. The summed E-state index contributed by atoms with van der Waals surface area (Å²) in [7, 11) is 0. The van der Waals surface area contributed by atoms with Gasteiger partial charge in [0.15, 0.2) is 17.0 Å². The van der Waals surface area contributed by atoms with Crippen LogP contribution in [-0.4, -0.2) is 46.2 Å². The monoisotopic (exact) mass is 323 g/mol. The second-order valence-electron chi connectivity index (χ2n) is 5.56. The van der Waals surface area contributed by atoms with Gasteiger partial charge in [0.05, 0.1) is 25.1 Å². The maximum Gasteiger partial charge on any atom is 0.224 e. The van der Waals surface area contributed by atoms with Gasteiger partial charge in [-0.1, -0.05) is 12.1 Å². The number of nitrogen functional groups attached to an aromatic ring is 2. The van der Waals surface area contributed by atoms with Crippen molar-refractivity contribution in [2.24, 2.45) is 0 Å². The molecule has 0 bridgehead atoms. The SMILES string of the molecule is Nc1cccc(-c2cnc3nc(N)nc(N4CCOCC4)c3n2)c1. The molecule has 8 heteroatoms. The van der Waals surface area contributed by atoms with Crippen LogP contribution in [0.15, 0.2) is 30.5 Å². The quantitative estimate of drug-likeness (QED) is 0.673. The third-order valence-electron chi connectivity index (χ3n) is 3.90. The molecule has 3 aromatic rings. The molecule has 4 rings (SSSR count). The van der Waals surface area contributed by atoms with Gasteiger partial charge in [-0.3, -0.25) is 0 Å². The smallest absolute Gasteiger partial charge is 0.224 e. The average Bonchev–Trinajstić information content (AvgIpc) is 2.61. The van der Waals surface area contributed by atoms with Crippen molar-refractivity contribution in [2.45, 2.75) is 0 Å². The summed E-state index contributed by atoms with van der Waals surface area (Å²) in [6.07, 6.45) is 1.67. The van der Waals surface area contributed by atoms with Crippen molar-refractivity contribution >= 4 is 28.6 Å². The summed E-state index contributed by atoms with van der Waals surface area (Å²) >= 11 is 0. The van der Waals surface area contributed by atoms with Crippen LogP contribution >= 0.6 is 0 Å². The molecule has 1 aliphatic heterocycles. The predicted molar refractivity (Wildman–Crippen MR) is 92.4 cm³/mol. The molecule has 8 nitrogen and oxygen atoms in total. The topological polar surface area (TPSA) is 116 Å². The molecule has 122 valence electrons. The van der Waals surface area contributed by atoms with E-state index in [0.717, 1.165) is 24.3 Å². The predicted octanol–water partition coefficient (Wildman–Crippen LogP) is 1.09. The van der Waals surface area contributed by atoms with Gasteiger partial charge in [0.25, 0.3) is 0 Å². The second kappa shape index (κ2) is 5.89. The number of hydrogen-bond acceptors (Lipinski definition) is 8. The van der Waals surface area contributed by atoms with Crippen molar-refractivity contribution in [3.8, 4) is 11.3 Å². The minimum absolute atomic E-state index is 0.190. The van der Waals surface area contributed by atoms with E-state index in [4.69, 9.17) is 21.2 Å². The lowest BCUT2D eigenvalue weighted by Crippen LogP contribution is -2.37. The maximum absolute atomic E-state index is 5.86. The lowest BCUT2D eigenvalue weighted by Gasteiger charge is -2.28. The van der Waals surface area contributed by atoms with Crippen LogP contribution in [0.2, 0.25) is 0 Å². The minimum Gasteiger partial charge on any atom is -0.399 e. The first-order chi connectivity index (χ1) is 11.7. The van der Waals surface area contributed by atoms with E-state index in [1.54, 1.807) is 6.20 Å².